The number of nitrogens with one attached hydrogen (secondary N) is 1. The molecule has 108 valence electrons. The summed E-state index contributed by atoms with van der Waals surface area (Å²) in [6.45, 7) is 4.59. The van der Waals surface area contributed by atoms with Gasteiger partial charge in [-0.15, -0.1) is 11.8 Å². The fraction of sp³-hybridized carbons (Fsp3) is 0.588. The van der Waals surface area contributed by atoms with Crippen LogP contribution in [0.25, 0.3) is 0 Å². The van der Waals surface area contributed by atoms with Gasteiger partial charge < -0.3 is 5.32 Å². The Morgan fingerprint density at radius 3 is 2.80 bits per heavy atom. The fourth-order valence-corrected chi connectivity index (χ4v) is 4.69. The summed E-state index contributed by atoms with van der Waals surface area (Å²) in [5.41, 5.74) is 1.32. The Morgan fingerprint density at radius 2 is 2.05 bits per heavy atom. The molecule has 0 spiro atoms. The van der Waals surface area contributed by atoms with Crippen molar-refractivity contribution in [2.24, 2.45) is 11.8 Å². The van der Waals surface area contributed by atoms with E-state index in [0.717, 1.165) is 18.8 Å². The van der Waals surface area contributed by atoms with Crippen LogP contribution in [0.3, 0.4) is 0 Å². The lowest BCUT2D eigenvalue weighted by Gasteiger charge is -2.33. The highest BCUT2D eigenvalue weighted by Gasteiger charge is 2.32. The Morgan fingerprint density at radius 1 is 1.25 bits per heavy atom. The van der Waals surface area contributed by atoms with E-state index >= 15 is 0 Å². The second kappa shape index (κ2) is 5.80. The molecule has 3 rings (SSSR count). The molecule has 3 heteroatoms. The number of rotatable bonds is 2. The van der Waals surface area contributed by atoms with Crippen LogP contribution in [0.2, 0.25) is 0 Å². The van der Waals surface area contributed by atoms with Crippen molar-refractivity contribution in [3.63, 3.8) is 0 Å². The van der Waals surface area contributed by atoms with Crippen molar-refractivity contribution in [2.75, 3.05) is 0 Å². The van der Waals surface area contributed by atoms with Gasteiger partial charge in [0.15, 0.2) is 0 Å². The molecule has 1 aromatic rings. The van der Waals surface area contributed by atoms with Crippen molar-refractivity contribution >= 4 is 17.7 Å². The fourth-order valence-electron chi connectivity index (χ4n) is 3.48. The van der Waals surface area contributed by atoms with Crippen molar-refractivity contribution in [2.45, 2.75) is 55.7 Å². The van der Waals surface area contributed by atoms with Gasteiger partial charge in [0.05, 0.1) is 5.25 Å². The molecular formula is C17H23NOS. The first-order valence-corrected chi connectivity index (χ1v) is 8.56. The summed E-state index contributed by atoms with van der Waals surface area (Å²) in [6, 6.07) is 8.75. The summed E-state index contributed by atoms with van der Waals surface area (Å²) in [4.78, 5) is 13.8. The Hall–Kier alpha value is -0.960. The Labute approximate surface area is 125 Å². The average molecular weight is 289 g/mol. The Bertz CT molecular complexity index is 477. The molecule has 1 heterocycles. The van der Waals surface area contributed by atoms with E-state index < -0.39 is 0 Å². The smallest absolute Gasteiger partial charge is 0.234 e. The predicted molar refractivity (Wildman–Crippen MR) is 83.9 cm³/mol. The molecule has 1 aromatic carbocycles. The molecule has 4 unspecified atom stereocenters. The molecule has 0 saturated heterocycles. The van der Waals surface area contributed by atoms with Gasteiger partial charge in [-0.2, -0.15) is 0 Å². The number of hydrogen-bond donors (Lipinski definition) is 1. The zero-order chi connectivity index (χ0) is 14.1. The van der Waals surface area contributed by atoms with Crippen molar-refractivity contribution < 1.29 is 4.79 Å². The zero-order valence-corrected chi connectivity index (χ0v) is 13.1. The van der Waals surface area contributed by atoms with Gasteiger partial charge in [-0.1, -0.05) is 32.0 Å². The summed E-state index contributed by atoms with van der Waals surface area (Å²) >= 11 is 1.72. The second-order valence-corrected chi connectivity index (χ2v) is 7.67. The molecule has 20 heavy (non-hydrogen) atoms. The summed E-state index contributed by atoms with van der Waals surface area (Å²) in [7, 11) is 0. The second-order valence-electron chi connectivity index (χ2n) is 6.43. The standard InChI is InChI=1S/C17H23NOS/c1-11-7-8-14(12(2)9-11)18-17(19)16-10-13-5-3-4-6-15(13)20-16/h3-6,11-12,14,16H,7-10H2,1-2H3,(H,18,19). The normalized spacial score (nSPS) is 32.7. The van der Waals surface area contributed by atoms with Gasteiger partial charge in [-0.05, 0) is 49.1 Å². The summed E-state index contributed by atoms with van der Waals surface area (Å²) in [5.74, 6) is 1.65. The number of thioether (sulfide) groups is 1. The van der Waals surface area contributed by atoms with Crippen LogP contribution >= 0.6 is 11.8 Å². The SMILES string of the molecule is CC1CCC(NC(=O)C2Cc3ccccc3S2)C(C)C1. The lowest BCUT2D eigenvalue weighted by Crippen LogP contribution is -2.45. The maximum Gasteiger partial charge on any atom is 0.234 e. The molecule has 2 nitrogen and oxygen atoms in total. The third kappa shape index (κ3) is 2.88. The van der Waals surface area contributed by atoms with Crippen molar-refractivity contribution in [3.8, 4) is 0 Å². The molecule has 1 fully saturated rings. The number of fused-ring (bicyclic) bond motifs is 1. The number of carbonyl (C=O) groups is 1. The molecule has 1 saturated carbocycles. The summed E-state index contributed by atoms with van der Waals surface area (Å²) in [6.07, 6.45) is 4.50. The van der Waals surface area contributed by atoms with E-state index in [-0.39, 0.29) is 11.2 Å². The Kier molecular flexibility index (Phi) is 4.06. The highest BCUT2D eigenvalue weighted by Crippen LogP contribution is 2.37. The Balaban J connectivity index is 1.59. The minimum atomic E-state index is 0.0685. The summed E-state index contributed by atoms with van der Waals surface area (Å²) < 4.78 is 0. The lowest BCUT2D eigenvalue weighted by molar-refractivity contribution is -0.121. The van der Waals surface area contributed by atoms with E-state index in [0.29, 0.717) is 12.0 Å². The number of amides is 1. The van der Waals surface area contributed by atoms with Crippen molar-refractivity contribution in [3.05, 3.63) is 29.8 Å². The number of carbonyl (C=O) groups excluding carboxylic acids is 1. The molecule has 1 N–H and O–H groups in total. The number of hydrogen-bond acceptors (Lipinski definition) is 2. The van der Waals surface area contributed by atoms with Gasteiger partial charge in [-0.3, -0.25) is 4.79 Å². The molecule has 1 aliphatic carbocycles. The van der Waals surface area contributed by atoms with Crippen LogP contribution in [0.15, 0.2) is 29.2 Å². The first-order chi connectivity index (χ1) is 9.63. The van der Waals surface area contributed by atoms with E-state index in [9.17, 15) is 4.79 Å². The molecule has 0 bridgehead atoms. The van der Waals surface area contributed by atoms with Crippen LogP contribution < -0.4 is 5.32 Å². The van der Waals surface area contributed by atoms with Crippen molar-refractivity contribution in [1.82, 2.24) is 5.32 Å². The third-order valence-corrected chi connectivity index (χ3v) is 6.02. The monoisotopic (exact) mass is 289 g/mol. The molecule has 0 radical (unpaired) electrons. The van der Waals surface area contributed by atoms with Gasteiger partial charge in [-0.25, -0.2) is 0 Å². The molecular weight excluding hydrogens is 266 g/mol. The summed E-state index contributed by atoms with van der Waals surface area (Å²) in [5, 5.41) is 3.37. The quantitative estimate of drug-likeness (QED) is 0.900. The van der Waals surface area contributed by atoms with E-state index in [1.165, 1.54) is 23.3 Å². The van der Waals surface area contributed by atoms with Gasteiger partial charge in [0, 0.05) is 10.9 Å². The average Bonchev–Trinajstić information content (AvgIpc) is 2.86. The molecule has 4 atom stereocenters. The molecule has 0 aromatic heterocycles. The van der Waals surface area contributed by atoms with Gasteiger partial charge in [0.1, 0.15) is 0 Å². The topological polar surface area (TPSA) is 29.1 Å². The van der Waals surface area contributed by atoms with Gasteiger partial charge in [0.2, 0.25) is 5.91 Å². The molecule has 1 aliphatic heterocycles. The van der Waals surface area contributed by atoms with Gasteiger partial charge >= 0.3 is 0 Å². The minimum Gasteiger partial charge on any atom is -0.352 e. The zero-order valence-electron chi connectivity index (χ0n) is 12.3. The first kappa shape index (κ1) is 14.0. The van der Waals surface area contributed by atoms with Crippen LogP contribution in [0, 0.1) is 11.8 Å². The van der Waals surface area contributed by atoms with Crippen LogP contribution in [0.4, 0.5) is 0 Å². The third-order valence-electron chi connectivity index (χ3n) is 4.70. The van der Waals surface area contributed by atoms with E-state index in [1.807, 2.05) is 0 Å². The van der Waals surface area contributed by atoms with Crippen LogP contribution in [-0.2, 0) is 11.2 Å². The highest BCUT2D eigenvalue weighted by atomic mass is 32.2. The maximum absolute atomic E-state index is 12.5. The van der Waals surface area contributed by atoms with Crippen LogP contribution in [-0.4, -0.2) is 17.2 Å². The van der Waals surface area contributed by atoms with E-state index in [2.05, 4.69) is 43.4 Å². The van der Waals surface area contributed by atoms with Crippen molar-refractivity contribution in [1.29, 1.82) is 0 Å². The van der Waals surface area contributed by atoms with E-state index in [1.54, 1.807) is 11.8 Å². The van der Waals surface area contributed by atoms with E-state index in [4.69, 9.17) is 0 Å². The number of benzene rings is 1. The first-order valence-electron chi connectivity index (χ1n) is 7.68. The van der Waals surface area contributed by atoms with Crippen LogP contribution in [0.5, 0.6) is 0 Å². The molecule has 2 aliphatic rings. The van der Waals surface area contributed by atoms with Gasteiger partial charge in [0.25, 0.3) is 0 Å². The highest BCUT2D eigenvalue weighted by molar-refractivity contribution is 8.01. The largest absolute Gasteiger partial charge is 0.352 e. The predicted octanol–water partition coefficient (Wildman–Crippen LogP) is 3.64. The minimum absolute atomic E-state index is 0.0685. The van der Waals surface area contributed by atoms with Crippen LogP contribution in [0.1, 0.15) is 38.7 Å². The lowest BCUT2D eigenvalue weighted by atomic mass is 9.80. The molecule has 1 amide bonds. The maximum atomic E-state index is 12.5.